The third-order valence-electron chi connectivity index (χ3n) is 11.9. The lowest BCUT2D eigenvalue weighted by molar-refractivity contribution is -0.134. The van der Waals surface area contributed by atoms with Crippen LogP contribution in [0.2, 0.25) is 0 Å². The van der Waals surface area contributed by atoms with Crippen molar-refractivity contribution in [3.63, 3.8) is 0 Å². The number of allylic oxidation sites excluding steroid dienone is 4. The summed E-state index contributed by atoms with van der Waals surface area (Å²) in [5, 5.41) is 11.4. The summed E-state index contributed by atoms with van der Waals surface area (Å²) < 4.78 is 0. The number of aliphatic hydroxyl groups excluding tert-OH is 1. The molecule has 0 radical (unpaired) electrons. The topological polar surface area (TPSA) is 88.5 Å². The Hall–Kier alpha value is -3.44. The van der Waals surface area contributed by atoms with E-state index in [9.17, 15) is 24.3 Å². The van der Waals surface area contributed by atoms with Crippen LogP contribution in [-0.4, -0.2) is 34.3 Å². The second kappa shape index (κ2) is 11.4. The van der Waals surface area contributed by atoms with Gasteiger partial charge in [0.2, 0.25) is 0 Å². The van der Waals surface area contributed by atoms with Gasteiger partial charge in [-0.3, -0.25) is 19.2 Å². The number of carbonyl (C=O) groups excluding carboxylic acids is 4. The number of rotatable bonds is 7. The minimum atomic E-state index is -0.958. The van der Waals surface area contributed by atoms with E-state index in [0.717, 1.165) is 50.1 Å². The first-order chi connectivity index (χ1) is 21.3. The summed E-state index contributed by atoms with van der Waals surface area (Å²) >= 11 is 0. The van der Waals surface area contributed by atoms with Gasteiger partial charge in [-0.25, -0.2) is 0 Å². The van der Waals surface area contributed by atoms with Gasteiger partial charge in [-0.15, -0.1) is 0 Å². The lowest BCUT2D eigenvalue weighted by atomic mass is 9.42. The monoisotopic (exact) mass is 622 g/mol. The van der Waals surface area contributed by atoms with Gasteiger partial charge in [0.25, 0.3) is 0 Å². The van der Waals surface area contributed by atoms with E-state index >= 15 is 0 Å². The van der Waals surface area contributed by atoms with Gasteiger partial charge in [-0.05, 0) is 126 Å². The maximum atomic E-state index is 14.9. The fourth-order valence-electron chi connectivity index (χ4n) is 9.57. The molecular formula is C41H50O5. The predicted molar refractivity (Wildman–Crippen MR) is 183 cm³/mol. The molecule has 5 heteroatoms. The minimum absolute atomic E-state index is 0.0231. The van der Waals surface area contributed by atoms with Crippen molar-refractivity contribution in [1.82, 2.24) is 0 Å². The van der Waals surface area contributed by atoms with Crippen molar-refractivity contribution in [2.75, 3.05) is 0 Å². The van der Waals surface area contributed by atoms with Crippen LogP contribution in [0.25, 0.3) is 0 Å². The summed E-state index contributed by atoms with van der Waals surface area (Å²) in [5.74, 6) is -0.252. The lowest BCUT2D eigenvalue weighted by Crippen LogP contribution is -2.57. The van der Waals surface area contributed by atoms with Gasteiger partial charge in [-0.1, -0.05) is 62.6 Å². The van der Waals surface area contributed by atoms with E-state index < -0.39 is 22.3 Å². The number of fused-ring (bicyclic) bond motifs is 3. The molecule has 0 aliphatic heterocycles. The SMILES string of the molecule is CC(=O)C1=C(C)CC2(C)CC3(C)Cc4c(C(C)C)cc(CC(O)Cc5ccc(C)cc5C(C)=O)c(C)c4C(=O)C3=C(C)C2(C)C1=O. The summed E-state index contributed by atoms with van der Waals surface area (Å²) in [6.45, 7) is 21.4. The van der Waals surface area contributed by atoms with E-state index in [4.69, 9.17) is 0 Å². The quantitative estimate of drug-likeness (QED) is 0.249. The van der Waals surface area contributed by atoms with Crippen LogP contribution >= 0.6 is 0 Å². The van der Waals surface area contributed by atoms with Gasteiger partial charge in [0.15, 0.2) is 23.1 Å². The maximum absolute atomic E-state index is 14.9. The van der Waals surface area contributed by atoms with Crippen molar-refractivity contribution < 1.29 is 24.3 Å². The van der Waals surface area contributed by atoms with Crippen molar-refractivity contribution in [2.24, 2.45) is 16.2 Å². The van der Waals surface area contributed by atoms with Crippen LogP contribution in [-0.2, 0) is 28.9 Å². The van der Waals surface area contributed by atoms with Crippen molar-refractivity contribution in [2.45, 2.75) is 120 Å². The Morgan fingerprint density at radius 3 is 2.11 bits per heavy atom. The molecule has 0 saturated carbocycles. The molecule has 2 aromatic carbocycles. The molecule has 3 aliphatic rings. The summed E-state index contributed by atoms with van der Waals surface area (Å²) in [6.07, 6.45) is 1.97. The molecule has 0 bridgehead atoms. The fraction of sp³-hybridized carbons (Fsp3) is 0.512. The number of Topliss-reactive ketones (excluding diaryl/α,β-unsaturated/α-hetero) is 4. The Morgan fingerprint density at radius 1 is 0.891 bits per heavy atom. The Labute approximate surface area is 274 Å². The zero-order chi connectivity index (χ0) is 34.3. The predicted octanol–water partition coefficient (Wildman–Crippen LogP) is 8.13. The number of ketones is 4. The van der Waals surface area contributed by atoms with Crippen LogP contribution in [0.5, 0.6) is 0 Å². The Morgan fingerprint density at radius 2 is 1.52 bits per heavy atom. The number of aliphatic hydroxyl groups is 1. The van der Waals surface area contributed by atoms with E-state index in [0.29, 0.717) is 48.8 Å². The lowest BCUT2D eigenvalue weighted by Gasteiger charge is -2.59. The van der Waals surface area contributed by atoms with Gasteiger partial charge >= 0.3 is 0 Å². The molecule has 2 aromatic rings. The number of aryl methyl sites for hydroxylation is 1. The molecule has 0 amide bonds. The molecule has 0 fully saturated rings. The third-order valence-corrected chi connectivity index (χ3v) is 11.9. The van der Waals surface area contributed by atoms with Gasteiger partial charge in [0.1, 0.15) is 0 Å². The Kier molecular flexibility index (Phi) is 8.38. The van der Waals surface area contributed by atoms with E-state index in [2.05, 4.69) is 33.8 Å². The number of carbonyl (C=O) groups is 4. The summed E-state index contributed by atoms with van der Waals surface area (Å²) in [5.41, 5.74) is 7.98. The second-order valence-corrected chi connectivity index (χ2v) is 15.7. The standard InChI is InChI=1S/C41H50O5/c1-21(2)31-17-29(16-30(44)15-28-13-12-22(3)14-32(28)26(7)42)24(5)35-33(31)19-39(9)20-40(10)18-23(4)34(27(8)43)38(46)41(40,11)25(6)36(39)37(35)45/h12-14,17,21,30,44H,15-16,18-20H2,1-11H3. The summed E-state index contributed by atoms with van der Waals surface area (Å²) in [4.78, 5) is 54.2. The van der Waals surface area contributed by atoms with Gasteiger partial charge in [0.05, 0.1) is 17.1 Å². The molecule has 0 spiro atoms. The highest BCUT2D eigenvalue weighted by molar-refractivity contribution is 6.24. The highest BCUT2D eigenvalue weighted by Crippen LogP contribution is 2.66. The number of hydrogen-bond donors (Lipinski definition) is 1. The third kappa shape index (κ3) is 5.01. The first kappa shape index (κ1) is 33.9. The van der Waals surface area contributed by atoms with Crippen molar-refractivity contribution in [1.29, 1.82) is 0 Å². The molecular weight excluding hydrogens is 572 g/mol. The average molecular weight is 623 g/mol. The number of hydrogen-bond acceptors (Lipinski definition) is 5. The molecule has 0 saturated heterocycles. The van der Waals surface area contributed by atoms with Crippen LogP contribution in [0.1, 0.15) is 135 Å². The molecule has 244 valence electrons. The maximum Gasteiger partial charge on any atom is 0.190 e. The minimum Gasteiger partial charge on any atom is -0.392 e. The second-order valence-electron chi connectivity index (χ2n) is 15.7. The largest absolute Gasteiger partial charge is 0.392 e. The summed E-state index contributed by atoms with van der Waals surface area (Å²) in [7, 11) is 0. The van der Waals surface area contributed by atoms with Crippen LogP contribution in [0.4, 0.5) is 0 Å². The molecule has 1 N–H and O–H groups in total. The summed E-state index contributed by atoms with van der Waals surface area (Å²) in [6, 6.07) is 7.95. The Balaban J connectivity index is 1.63. The van der Waals surface area contributed by atoms with Crippen molar-refractivity contribution in [3.05, 3.63) is 91.1 Å². The molecule has 5 rings (SSSR count). The van der Waals surface area contributed by atoms with E-state index in [1.165, 1.54) is 6.92 Å². The highest BCUT2D eigenvalue weighted by Gasteiger charge is 2.63. The molecule has 3 aliphatic carbocycles. The molecule has 46 heavy (non-hydrogen) atoms. The molecule has 0 aromatic heterocycles. The van der Waals surface area contributed by atoms with E-state index in [1.54, 1.807) is 6.92 Å². The van der Waals surface area contributed by atoms with Gasteiger partial charge in [0, 0.05) is 22.1 Å². The molecule has 4 unspecified atom stereocenters. The van der Waals surface area contributed by atoms with Crippen molar-refractivity contribution in [3.8, 4) is 0 Å². The number of benzene rings is 2. The highest BCUT2D eigenvalue weighted by atomic mass is 16.3. The van der Waals surface area contributed by atoms with Crippen LogP contribution < -0.4 is 0 Å². The van der Waals surface area contributed by atoms with Crippen LogP contribution in [0.15, 0.2) is 46.6 Å². The van der Waals surface area contributed by atoms with E-state index in [-0.39, 0.29) is 29.1 Å². The molecule has 4 atom stereocenters. The molecule has 5 nitrogen and oxygen atoms in total. The van der Waals surface area contributed by atoms with Gasteiger partial charge < -0.3 is 5.11 Å². The zero-order valence-electron chi connectivity index (χ0n) is 29.6. The van der Waals surface area contributed by atoms with Crippen LogP contribution in [0.3, 0.4) is 0 Å². The smallest absolute Gasteiger partial charge is 0.190 e. The van der Waals surface area contributed by atoms with Crippen molar-refractivity contribution >= 4 is 23.1 Å². The average Bonchev–Trinajstić information content (AvgIpc) is 2.92. The zero-order valence-corrected chi connectivity index (χ0v) is 29.6. The van der Waals surface area contributed by atoms with Crippen LogP contribution in [0, 0.1) is 30.1 Å². The fourth-order valence-corrected chi connectivity index (χ4v) is 9.57. The normalized spacial score (nSPS) is 26.6. The molecule has 0 heterocycles. The van der Waals surface area contributed by atoms with Gasteiger partial charge in [-0.2, -0.15) is 0 Å². The first-order valence-corrected chi connectivity index (χ1v) is 16.7. The Bertz CT molecular complexity index is 1780. The van der Waals surface area contributed by atoms with E-state index in [1.807, 2.05) is 52.8 Å². The first-order valence-electron chi connectivity index (χ1n) is 16.7.